The van der Waals surface area contributed by atoms with Gasteiger partial charge in [0.1, 0.15) is 6.35 Å². The second kappa shape index (κ2) is 8.92. The van der Waals surface area contributed by atoms with Crippen LogP contribution in [0.25, 0.3) is 0 Å². The Morgan fingerprint density at radius 2 is 1.75 bits per heavy atom. The fraction of sp³-hybridized carbons (Fsp3) is 1.00. The first-order chi connectivity index (χ1) is 1.41. The molecule has 0 radical (unpaired) electrons. The van der Waals surface area contributed by atoms with Crippen LogP contribution in [0.1, 0.15) is 0 Å². The van der Waals surface area contributed by atoms with Gasteiger partial charge in [-0.3, -0.25) is 0 Å². The highest BCUT2D eigenvalue weighted by Crippen LogP contribution is 1.63. The number of aliphatic hydroxyl groups is 1. The Kier molecular flexibility index (Phi) is 19.9. The van der Waals surface area contributed by atoms with Gasteiger partial charge in [0, 0.05) is 9.24 Å². The van der Waals surface area contributed by atoms with Gasteiger partial charge in [-0.1, -0.05) is 0 Å². The molecule has 0 spiro atoms. The van der Waals surface area contributed by atoms with E-state index in [0.717, 1.165) is 0 Å². The third-order valence-electron chi connectivity index (χ3n) is 0. The van der Waals surface area contributed by atoms with Crippen molar-refractivity contribution < 1.29 is 29.1 Å². The Hall–Kier alpha value is 1.12. The molecule has 1 nitrogen and oxygen atoms in total. The summed E-state index contributed by atoms with van der Waals surface area (Å²) in [7, 11) is 1.53. The van der Waals surface area contributed by atoms with Gasteiger partial charge in [-0.05, 0) is 0 Å². The third-order valence-corrected chi connectivity index (χ3v) is 0. The molecule has 0 aromatic rings. The summed E-state index contributed by atoms with van der Waals surface area (Å²) in [5.41, 5.74) is 0. The van der Waals surface area contributed by atoms with Crippen molar-refractivity contribution in [1.29, 1.82) is 0 Å². The Morgan fingerprint density at radius 1 is 1.75 bits per heavy atom. The average Bonchev–Trinajstić information content (AvgIpc) is 0.918. The van der Waals surface area contributed by atoms with E-state index in [0.29, 0.717) is 0 Å². The zero-order chi connectivity index (χ0) is 2.71. The second-order valence-corrected chi connectivity index (χ2v) is 0.671. The highest BCUT2D eigenvalue weighted by atomic mass is 127. The summed E-state index contributed by atoms with van der Waals surface area (Å²) < 4.78 is 0. The molecule has 1 atom stereocenters. The summed E-state index contributed by atoms with van der Waals surface area (Å²) in [6, 6.07) is 0. The van der Waals surface area contributed by atoms with Gasteiger partial charge in [0.25, 0.3) is 0 Å². The molecule has 0 fully saturated rings. The molecule has 0 aromatic heterocycles. The van der Waals surface area contributed by atoms with Crippen molar-refractivity contribution >= 4 is 9.24 Å². The van der Waals surface area contributed by atoms with Crippen LogP contribution in [-0.2, 0) is 0 Å². The number of rotatable bonds is 0. The van der Waals surface area contributed by atoms with E-state index in [1.54, 1.807) is 0 Å². The van der Waals surface area contributed by atoms with Crippen LogP contribution in [0.3, 0.4) is 0 Å². The number of hydrogen-bond donors (Lipinski definition) is 1. The van der Waals surface area contributed by atoms with Crippen molar-refractivity contribution in [2.24, 2.45) is 0 Å². The van der Waals surface area contributed by atoms with Gasteiger partial charge < -0.3 is 29.1 Å². The topological polar surface area (TPSA) is 20.2 Å². The molecule has 0 aliphatic rings. The second-order valence-electron chi connectivity index (χ2n) is 0.224. The molecule has 0 aliphatic heterocycles. The summed E-state index contributed by atoms with van der Waals surface area (Å²) >= 11 is 0. The zero-order valence-electron chi connectivity index (χ0n) is 2.24. The molecule has 3 heteroatoms. The lowest BCUT2D eigenvalue weighted by Crippen LogP contribution is -3.00. The van der Waals surface area contributed by atoms with Crippen molar-refractivity contribution in [2.45, 2.75) is 0 Å². The molecule has 0 heterocycles. The summed E-state index contributed by atoms with van der Waals surface area (Å²) in [5.74, 6) is 0. The lowest BCUT2D eigenvalue weighted by Gasteiger charge is -1.45. The van der Waals surface area contributed by atoms with Crippen LogP contribution in [0.5, 0.6) is 0 Å². The van der Waals surface area contributed by atoms with Crippen LogP contribution in [0, 0.1) is 0 Å². The predicted molar refractivity (Wildman–Crippen MR) is 18.2 cm³/mol. The Bertz CT molecular complexity index is 8.00. The summed E-state index contributed by atoms with van der Waals surface area (Å²) in [5, 5.41) is 7.58. The van der Waals surface area contributed by atoms with Crippen molar-refractivity contribution in [3.63, 3.8) is 0 Å². The number of halogens is 1. The quantitative estimate of drug-likeness (QED) is 0.312. The van der Waals surface area contributed by atoms with Crippen LogP contribution >= 0.6 is 9.24 Å². The fourth-order valence-electron chi connectivity index (χ4n) is 0. The molecular weight excluding hydrogens is 186 g/mol. The molecule has 1 unspecified atom stereocenters. The van der Waals surface area contributed by atoms with Crippen molar-refractivity contribution in [2.75, 3.05) is 6.35 Å². The molecule has 0 aliphatic carbocycles. The minimum atomic E-state index is 0. The Balaban J connectivity index is 0. The molecule has 4 heavy (non-hydrogen) atoms. The maximum Gasteiger partial charge on any atom is 0.147 e. The third kappa shape index (κ3) is 11.2. The SMILES string of the molecule is OC[PH3+].[I-]. The molecule has 0 saturated carbocycles. The lowest BCUT2D eigenvalue weighted by atomic mass is 11.7. The smallest absolute Gasteiger partial charge is 0.147 e. The molecular formula is CH6IOP. The van der Waals surface area contributed by atoms with Gasteiger partial charge in [-0.15, -0.1) is 0 Å². The summed E-state index contributed by atoms with van der Waals surface area (Å²) in [6.45, 7) is 0. The van der Waals surface area contributed by atoms with E-state index < -0.39 is 0 Å². The molecule has 0 saturated heterocycles. The molecule has 0 rings (SSSR count). The predicted octanol–water partition coefficient (Wildman–Crippen LogP) is -3.45. The molecule has 28 valence electrons. The highest BCUT2D eigenvalue weighted by molar-refractivity contribution is 7.16. The van der Waals surface area contributed by atoms with E-state index >= 15 is 0 Å². The van der Waals surface area contributed by atoms with Gasteiger partial charge in [0.15, 0.2) is 0 Å². The largest absolute Gasteiger partial charge is 1.00 e. The van der Waals surface area contributed by atoms with Crippen molar-refractivity contribution in [3.05, 3.63) is 0 Å². The van der Waals surface area contributed by atoms with E-state index in [1.165, 1.54) is 9.24 Å². The van der Waals surface area contributed by atoms with E-state index in [-0.39, 0.29) is 30.3 Å². The average molecular weight is 192 g/mol. The molecule has 0 amide bonds. The van der Waals surface area contributed by atoms with E-state index in [1.807, 2.05) is 0 Å². The summed E-state index contributed by atoms with van der Waals surface area (Å²) in [4.78, 5) is 0. The van der Waals surface area contributed by atoms with Gasteiger partial charge in [-0.2, -0.15) is 0 Å². The lowest BCUT2D eigenvalue weighted by molar-refractivity contribution is -0.00000145. The van der Waals surface area contributed by atoms with E-state index in [9.17, 15) is 0 Å². The van der Waals surface area contributed by atoms with Crippen LogP contribution in [0.4, 0.5) is 0 Å². The number of hydrogen-bond acceptors (Lipinski definition) is 1. The highest BCUT2D eigenvalue weighted by Gasteiger charge is 1.42. The van der Waals surface area contributed by atoms with Crippen LogP contribution < -0.4 is 24.0 Å². The molecule has 1 N–H and O–H groups in total. The van der Waals surface area contributed by atoms with E-state index in [4.69, 9.17) is 5.11 Å². The van der Waals surface area contributed by atoms with Crippen molar-refractivity contribution in [3.8, 4) is 0 Å². The number of aliphatic hydroxyl groups excluding tert-OH is 1. The first-order valence-corrected chi connectivity index (χ1v) is 1.82. The molecule has 0 bridgehead atoms. The monoisotopic (exact) mass is 192 g/mol. The first kappa shape index (κ1) is 8.93. The maximum absolute atomic E-state index is 7.58. The summed E-state index contributed by atoms with van der Waals surface area (Å²) in [6.07, 6.45) is 0.278. The van der Waals surface area contributed by atoms with Gasteiger partial charge in [-0.25, -0.2) is 0 Å². The minimum absolute atomic E-state index is 0. The zero-order valence-corrected chi connectivity index (χ0v) is 5.81. The molecule has 0 aromatic carbocycles. The minimum Gasteiger partial charge on any atom is -1.00 e. The van der Waals surface area contributed by atoms with Crippen molar-refractivity contribution in [1.82, 2.24) is 0 Å². The Morgan fingerprint density at radius 3 is 1.75 bits per heavy atom. The standard InChI is InChI=1S/CH5OP.HI/c2-1-3;/h2H,1,3H2;1H. The fourth-order valence-corrected chi connectivity index (χ4v) is 0. The first-order valence-electron chi connectivity index (χ1n) is 0.816. The Labute approximate surface area is 45.0 Å². The van der Waals surface area contributed by atoms with Gasteiger partial charge >= 0.3 is 0 Å². The van der Waals surface area contributed by atoms with Gasteiger partial charge in [0.2, 0.25) is 0 Å². The normalized spacial score (nSPS) is 5.25. The maximum atomic E-state index is 7.58. The van der Waals surface area contributed by atoms with E-state index in [2.05, 4.69) is 0 Å². The van der Waals surface area contributed by atoms with Crippen LogP contribution in [0.2, 0.25) is 0 Å². The van der Waals surface area contributed by atoms with Crippen LogP contribution in [-0.4, -0.2) is 11.5 Å². The van der Waals surface area contributed by atoms with Gasteiger partial charge in [0.05, 0.1) is 0 Å². The van der Waals surface area contributed by atoms with Crippen LogP contribution in [0.15, 0.2) is 0 Å².